The first-order valence-electron chi connectivity index (χ1n) is 5.17. The Bertz CT molecular complexity index is 238. The van der Waals surface area contributed by atoms with Gasteiger partial charge in [-0.25, -0.2) is 0 Å². The second kappa shape index (κ2) is 4.55. The second-order valence-corrected chi connectivity index (χ2v) is 3.91. The molecule has 1 N–H and O–H groups in total. The number of nitrogens with one attached hydrogen (secondary N) is 1. The van der Waals surface area contributed by atoms with E-state index in [0.717, 1.165) is 13.0 Å². The Hall–Kier alpha value is -0.900. The molecule has 14 heavy (non-hydrogen) atoms. The summed E-state index contributed by atoms with van der Waals surface area (Å²) >= 11 is 0. The molecule has 1 heterocycles. The third kappa shape index (κ3) is 2.12. The van der Waals surface area contributed by atoms with Gasteiger partial charge in [0.05, 0.1) is 12.5 Å². The number of hydrogen-bond acceptors (Lipinski definition) is 3. The van der Waals surface area contributed by atoms with Gasteiger partial charge in [0.1, 0.15) is 0 Å². The number of imide groups is 1. The lowest BCUT2D eigenvalue weighted by atomic mass is 10.2. The van der Waals surface area contributed by atoms with Crippen molar-refractivity contribution in [2.24, 2.45) is 0 Å². The lowest BCUT2D eigenvalue weighted by Gasteiger charge is -2.19. The molecule has 0 aliphatic carbocycles. The van der Waals surface area contributed by atoms with Crippen LogP contribution in [0.25, 0.3) is 0 Å². The Balaban J connectivity index is 2.60. The van der Waals surface area contributed by atoms with Gasteiger partial charge in [-0.05, 0) is 26.8 Å². The second-order valence-electron chi connectivity index (χ2n) is 3.91. The fourth-order valence-corrected chi connectivity index (χ4v) is 1.67. The van der Waals surface area contributed by atoms with Crippen LogP contribution < -0.4 is 5.32 Å². The van der Waals surface area contributed by atoms with E-state index in [2.05, 4.69) is 5.32 Å². The molecule has 1 saturated heterocycles. The average Bonchev–Trinajstić information content (AvgIpc) is 2.38. The molecule has 80 valence electrons. The zero-order chi connectivity index (χ0) is 10.7. The van der Waals surface area contributed by atoms with Crippen LogP contribution in [0.1, 0.15) is 33.6 Å². The van der Waals surface area contributed by atoms with Crippen molar-refractivity contribution in [2.75, 3.05) is 6.54 Å². The SMILES string of the molecule is CCCN[C@H]1CC(=O)N(C(C)C)C1=O. The highest BCUT2D eigenvalue weighted by Crippen LogP contribution is 2.15. The zero-order valence-corrected chi connectivity index (χ0v) is 9.04. The number of carbonyl (C=O) groups excluding carboxylic acids is 2. The van der Waals surface area contributed by atoms with E-state index in [1.807, 2.05) is 20.8 Å². The van der Waals surface area contributed by atoms with Gasteiger partial charge >= 0.3 is 0 Å². The first kappa shape index (κ1) is 11.2. The predicted octanol–water partition coefficient (Wildman–Crippen LogP) is 0.522. The Kier molecular flexibility index (Phi) is 3.63. The van der Waals surface area contributed by atoms with Crippen molar-refractivity contribution < 1.29 is 9.59 Å². The van der Waals surface area contributed by atoms with E-state index < -0.39 is 0 Å². The van der Waals surface area contributed by atoms with E-state index in [9.17, 15) is 9.59 Å². The van der Waals surface area contributed by atoms with E-state index in [-0.39, 0.29) is 23.9 Å². The molecule has 1 fully saturated rings. The highest BCUT2D eigenvalue weighted by molar-refractivity contribution is 6.05. The van der Waals surface area contributed by atoms with Gasteiger partial charge in [-0.1, -0.05) is 6.92 Å². The summed E-state index contributed by atoms with van der Waals surface area (Å²) in [5, 5.41) is 3.08. The quantitative estimate of drug-likeness (QED) is 0.670. The number of hydrogen-bond donors (Lipinski definition) is 1. The molecule has 1 rings (SSSR count). The summed E-state index contributed by atoms with van der Waals surface area (Å²) in [6, 6.07) is -0.312. The molecule has 1 atom stereocenters. The Morgan fingerprint density at radius 2 is 2.14 bits per heavy atom. The van der Waals surface area contributed by atoms with Gasteiger partial charge in [0, 0.05) is 6.04 Å². The van der Waals surface area contributed by atoms with Crippen molar-refractivity contribution in [1.29, 1.82) is 0 Å². The Morgan fingerprint density at radius 1 is 1.50 bits per heavy atom. The molecule has 0 radical (unpaired) electrons. The average molecular weight is 198 g/mol. The van der Waals surface area contributed by atoms with Gasteiger partial charge in [-0.15, -0.1) is 0 Å². The van der Waals surface area contributed by atoms with Crippen LogP contribution in [-0.4, -0.2) is 35.3 Å². The van der Waals surface area contributed by atoms with Crippen LogP contribution >= 0.6 is 0 Å². The first-order valence-corrected chi connectivity index (χ1v) is 5.17. The van der Waals surface area contributed by atoms with Crippen LogP contribution in [0.4, 0.5) is 0 Å². The van der Waals surface area contributed by atoms with Crippen LogP contribution in [-0.2, 0) is 9.59 Å². The van der Waals surface area contributed by atoms with Crippen LogP contribution in [0.15, 0.2) is 0 Å². The molecule has 0 saturated carbocycles. The van der Waals surface area contributed by atoms with Gasteiger partial charge in [0.25, 0.3) is 0 Å². The Labute approximate surface area is 84.7 Å². The van der Waals surface area contributed by atoms with E-state index in [4.69, 9.17) is 0 Å². The molecule has 0 bridgehead atoms. The number of likely N-dealkylation sites (tertiary alicyclic amines) is 1. The van der Waals surface area contributed by atoms with Gasteiger partial charge in [0.15, 0.2) is 0 Å². The molecule has 0 aromatic carbocycles. The van der Waals surface area contributed by atoms with E-state index in [1.165, 1.54) is 4.90 Å². The monoisotopic (exact) mass is 198 g/mol. The minimum atomic E-state index is -0.287. The summed E-state index contributed by atoms with van der Waals surface area (Å²) in [7, 11) is 0. The van der Waals surface area contributed by atoms with Gasteiger partial charge < -0.3 is 5.32 Å². The lowest BCUT2D eigenvalue weighted by Crippen LogP contribution is -2.42. The molecule has 0 unspecified atom stereocenters. The minimum absolute atomic E-state index is 0.0246. The smallest absolute Gasteiger partial charge is 0.247 e. The lowest BCUT2D eigenvalue weighted by molar-refractivity contribution is -0.140. The summed E-state index contributed by atoms with van der Waals surface area (Å²) < 4.78 is 0. The van der Waals surface area contributed by atoms with Crippen LogP contribution in [0.3, 0.4) is 0 Å². The van der Waals surface area contributed by atoms with Gasteiger partial charge in [0.2, 0.25) is 11.8 Å². The third-order valence-corrected chi connectivity index (χ3v) is 2.34. The van der Waals surface area contributed by atoms with Crippen LogP contribution in [0, 0.1) is 0 Å². The summed E-state index contributed by atoms with van der Waals surface area (Å²) in [5.74, 6) is -0.128. The standard InChI is InChI=1S/C10H18N2O2/c1-4-5-11-8-6-9(13)12(7(2)3)10(8)14/h7-8,11H,4-6H2,1-3H3/t8-/m0/s1. The van der Waals surface area contributed by atoms with Gasteiger partial charge in [-0.2, -0.15) is 0 Å². The molecule has 1 aliphatic rings. The first-order chi connectivity index (χ1) is 6.57. The maximum Gasteiger partial charge on any atom is 0.247 e. The highest BCUT2D eigenvalue weighted by Gasteiger charge is 2.39. The molecule has 2 amide bonds. The Morgan fingerprint density at radius 3 is 2.57 bits per heavy atom. The van der Waals surface area contributed by atoms with E-state index >= 15 is 0 Å². The van der Waals surface area contributed by atoms with E-state index in [1.54, 1.807) is 0 Å². The maximum atomic E-state index is 11.7. The summed E-state index contributed by atoms with van der Waals surface area (Å²) in [6.07, 6.45) is 1.29. The molecule has 0 spiro atoms. The van der Waals surface area contributed by atoms with Crippen LogP contribution in [0.2, 0.25) is 0 Å². The number of carbonyl (C=O) groups is 2. The fraction of sp³-hybridized carbons (Fsp3) is 0.800. The van der Waals surface area contributed by atoms with Gasteiger partial charge in [-0.3, -0.25) is 14.5 Å². The van der Waals surface area contributed by atoms with Crippen molar-refractivity contribution in [1.82, 2.24) is 10.2 Å². The topological polar surface area (TPSA) is 49.4 Å². The summed E-state index contributed by atoms with van der Waals surface area (Å²) in [4.78, 5) is 24.5. The van der Waals surface area contributed by atoms with Crippen molar-refractivity contribution >= 4 is 11.8 Å². The molecule has 1 aliphatic heterocycles. The summed E-state index contributed by atoms with van der Waals surface area (Å²) in [6.45, 7) is 6.54. The molecule has 4 nitrogen and oxygen atoms in total. The zero-order valence-electron chi connectivity index (χ0n) is 9.04. The van der Waals surface area contributed by atoms with Crippen molar-refractivity contribution in [2.45, 2.75) is 45.7 Å². The van der Waals surface area contributed by atoms with Crippen molar-refractivity contribution in [3.8, 4) is 0 Å². The predicted molar refractivity (Wildman–Crippen MR) is 53.7 cm³/mol. The molecule has 4 heteroatoms. The fourth-order valence-electron chi connectivity index (χ4n) is 1.67. The molecule has 0 aromatic rings. The molecular formula is C10H18N2O2. The van der Waals surface area contributed by atoms with Crippen LogP contribution in [0.5, 0.6) is 0 Å². The normalized spacial score (nSPS) is 22.6. The van der Waals surface area contributed by atoms with E-state index in [0.29, 0.717) is 6.42 Å². The third-order valence-electron chi connectivity index (χ3n) is 2.34. The molecule has 0 aromatic heterocycles. The maximum absolute atomic E-state index is 11.7. The number of rotatable bonds is 4. The molecular weight excluding hydrogens is 180 g/mol. The number of amides is 2. The summed E-state index contributed by atoms with van der Waals surface area (Å²) in [5.41, 5.74) is 0. The highest BCUT2D eigenvalue weighted by atomic mass is 16.2. The van der Waals surface area contributed by atoms with Crippen molar-refractivity contribution in [3.63, 3.8) is 0 Å². The minimum Gasteiger partial charge on any atom is -0.305 e. The largest absolute Gasteiger partial charge is 0.305 e. The van der Waals surface area contributed by atoms with Crippen molar-refractivity contribution in [3.05, 3.63) is 0 Å². The number of nitrogens with zero attached hydrogens (tertiary/aromatic N) is 1.